The summed E-state index contributed by atoms with van der Waals surface area (Å²) in [4.78, 5) is 23.3. The highest BCUT2D eigenvalue weighted by molar-refractivity contribution is 8.01. The van der Waals surface area contributed by atoms with Gasteiger partial charge in [-0.1, -0.05) is 23.1 Å². The highest BCUT2D eigenvalue weighted by atomic mass is 32.2. The standard InChI is InChI=1S/C16H12F3N5O3S3/c17-16(18,19)27-9-3-1-8(2-4-9)21-14-23-24-15(30-14)29-7-11(25)22-13-10(12(20)26)5-6-28-13/h1-6H,7H2,(H2,20,26)(H,21,23)(H,22,25). The average Bonchev–Trinajstić information content (AvgIpc) is 3.30. The van der Waals surface area contributed by atoms with Gasteiger partial charge in [0.1, 0.15) is 10.8 Å². The second kappa shape index (κ2) is 9.32. The van der Waals surface area contributed by atoms with Crippen molar-refractivity contribution < 1.29 is 27.5 Å². The second-order valence-electron chi connectivity index (χ2n) is 5.43. The lowest BCUT2D eigenvalue weighted by atomic mass is 10.3. The zero-order valence-corrected chi connectivity index (χ0v) is 17.2. The number of hydrogen-bond donors (Lipinski definition) is 3. The maximum Gasteiger partial charge on any atom is 0.573 e. The zero-order chi connectivity index (χ0) is 21.7. The SMILES string of the molecule is NC(=O)c1ccsc1NC(=O)CSc1nnc(Nc2ccc(OC(F)(F)F)cc2)s1. The molecule has 2 amide bonds. The number of thiophene rings is 1. The number of thioether (sulfide) groups is 1. The van der Waals surface area contributed by atoms with Gasteiger partial charge in [-0.15, -0.1) is 34.7 Å². The number of hydrogen-bond acceptors (Lipinski definition) is 9. The summed E-state index contributed by atoms with van der Waals surface area (Å²) >= 11 is 3.50. The summed E-state index contributed by atoms with van der Waals surface area (Å²) in [6.07, 6.45) is -4.75. The van der Waals surface area contributed by atoms with Crippen molar-refractivity contribution in [2.75, 3.05) is 16.4 Å². The highest BCUT2D eigenvalue weighted by Gasteiger charge is 2.30. The smallest absolute Gasteiger partial charge is 0.406 e. The van der Waals surface area contributed by atoms with Crippen molar-refractivity contribution in [1.82, 2.24) is 10.2 Å². The van der Waals surface area contributed by atoms with Gasteiger partial charge in [-0.2, -0.15) is 0 Å². The fourth-order valence-electron chi connectivity index (χ4n) is 2.07. The summed E-state index contributed by atoms with van der Waals surface area (Å²) < 4.78 is 40.8. The van der Waals surface area contributed by atoms with Gasteiger partial charge in [0, 0.05) is 5.69 Å². The minimum absolute atomic E-state index is 0.0359. The molecule has 0 radical (unpaired) electrons. The molecule has 0 saturated heterocycles. The van der Waals surface area contributed by atoms with Gasteiger partial charge in [-0.3, -0.25) is 9.59 Å². The van der Waals surface area contributed by atoms with Crippen LogP contribution >= 0.6 is 34.4 Å². The second-order valence-corrected chi connectivity index (χ2v) is 8.55. The van der Waals surface area contributed by atoms with E-state index in [0.29, 0.717) is 20.2 Å². The number of rotatable bonds is 8. The normalized spacial score (nSPS) is 11.2. The fraction of sp³-hybridized carbons (Fsp3) is 0.125. The monoisotopic (exact) mass is 475 g/mol. The summed E-state index contributed by atoms with van der Waals surface area (Å²) in [6, 6.07) is 6.67. The molecule has 0 fully saturated rings. The first-order chi connectivity index (χ1) is 14.2. The van der Waals surface area contributed by atoms with Crippen LogP contribution in [-0.2, 0) is 4.79 Å². The van der Waals surface area contributed by atoms with Crippen molar-refractivity contribution in [2.45, 2.75) is 10.7 Å². The number of benzene rings is 1. The van der Waals surface area contributed by atoms with Gasteiger partial charge >= 0.3 is 6.36 Å². The van der Waals surface area contributed by atoms with Gasteiger partial charge in [-0.05, 0) is 35.7 Å². The van der Waals surface area contributed by atoms with Crippen LogP contribution in [0.2, 0.25) is 0 Å². The lowest BCUT2D eigenvalue weighted by molar-refractivity contribution is -0.274. The first kappa shape index (κ1) is 21.9. The van der Waals surface area contributed by atoms with Crippen molar-refractivity contribution in [2.24, 2.45) is 5.73 Å². The van der Waals surface area contributed by atoms with Crippen LogP contribution in [0.3, 0.4) is 0 Å². The molecule has 0 atom stereocenters. The topological polar surface area (TPSA) is 119 Å². The van der Waals surface area contributed by atoms with Crippen LogP contribution in [0, 0.1) is 0 Å². The number of primary amides is 1. The Bertz CT molecular complexity index is 1040. The molecular weight excluding hydrogens is 463 g/mol. The number of alkyl halides is 3. The van der Waals surface area contributed by atoms with Crippen LogP contribution in [0.15, 0.2) is 40.1 Å². The number of nitrogens with zero attached hydrogens (tertiary/aromatic N) is 2. The number of amides is 2. The Labute approximate surface area is 179 Å². The Balaban J connectivity index is 1.51. The molecule has 0 saturated carbocycles. The summed E-state index contributed by atoms with van der Waals surface area (Å²) in [6.45, 7) is 0. The highest BCUT2D eigenvalue weighted by Crippen LogP contribution is 2.30. The van der Waals surface area contributed by atoms with Gasteiger partial charge in [0.25, 0.3) is 5.91 Å². The van der Waals surface area contributed by atoms with E-state index in [9.17, 15) is 22.8 Å². The minimum atomic E-state index is -4.75. The third kappa shape index (κ3) is 6.33. The molecule has 2 aromatic heterocycles. The molecule has 0 unspecified atom stereocenters. The Morgan fingerprint density at radius 2 is 1.90 bits per heavy atom. The van der Waals surface area contributed by atoms with E-state index in [4.69, 9.17) is 5.73 Å². The van der Waals surface area contributed by atoms with Crippen LogP contribution in [0.1, 0.15) is 10.4 Å². The van der Waals surface area contributed by atoms with Crippen molar-refractivity contribution in [3.05, 3.63) is 41.3 Å². The lowest BCUT2D eigenvalue weighted by Crippen LogP contribution is -2.17. The fourth-order valence-corrected chi connectivity index (χ4v) is 4.45. The number of nitrogens with one attached hydrogen (secondary N) is 2. The van der Waals surface area contributed by atoms with Crippen LogP contribution in [0.25, 0.3) is 0 Å². The van der Waals surface area contributed by atoms with E-state index in [2.05, 4.69) is 25.6 Å². The first-order valence-corrected chi connectivity index (χ1v) is 10.6. The predicted molar refractivity (Wildman–Crippen MR) is 109 cm³/mol. The number of anilines is 3. The third-order valence-corrected chi connectivity index (χ3v) is 6.06. The van der Waals surface area contributed by atoms with E-state index < -0.39 is 12.3 Å². The van der Waals surface area contributed by atoms with Crippen molar-refractivity contribution in [3.63, 3.8) is 0 Å². The molecule has 0 bridgehead atoms. The molecule has 8 nitrogen and oxygen atoms in total. The maximum absolute atomic E-state index is 12.2. The molecule has 0 aliphatic heterocycles. The number of aromatic nitrogens is 2. The van der Waals surface area contributed by atoms with E-state index in [1.54, 1.807) is 5.38 Å². The Hall–Kier alpha value is -2.84. The van der Waals surface area contributed by atoms with Crippen LogP contribution < -0.4 is 21.1 Å². The van der Waals surface area contributed by atoms with Gasteiger partial charge < -0.3 is 21.1 Å². The van der Waals surface area contributed by atoms with Crippen molar-refractivity contribution in [1.29, 1.82) is 0 Å². The minimum Gasteiger partial charge on any atom is -0.406 e. The molecule has 3 aromatic rings. The van der Waals surface area contributed by atoms with Gasteiger partial charge in [0.15, 0.2) is 4.34 Å². The van der Waals surface area contributed by atoms with Gasteiger partial charge in [0.05, 0.1) is 11.3 Å². The average molecular weight is 475 g/mol. The summed E-state index contributed by atoms with van der Waals surface area (Å²) in [5, 5.41) is 15.8. The Morgan fingerprint density at radius 3 is 2.57 bits per heavy atom. The van der Waals surface area contributed by atoms with E-state index in [1.807, 2.05) is 0 Å². The van der Waals surface area contributed by atoms with Gasteiger partial charge in [0.2, 0.25) is 11.0 Å². The number of carbonyl (C=O) groups is 2. The molecule has 14 heteroatoms. The maximum atomic E-state index is 12.2. The summed E-state index contributed by atoms with van der Waals surface area (Å²) in [5.74, 6) is -1.27. The first-order valence-electron chi connectivity index (χ1n) is 7.96. The van der Waals surface area contributed by atoms with Gasteiger partial charge in [-0.25, -0.2) is 0 Å². The molecule has 1 aromatic carbocycles. The Kier molecular flexibility index (Phi) is 6.79. The summed E-state index contributed by atoms with van der Waals surface area (Å²) in [7, 11) is 0. The molecular formula is C16H12F3N5O3S3. The van der Waals surface area contributed by atoms with Crippen LogP contribution in [-0.4, -0.2) is 34.1 Å². The number of carbonyl (C=O) groups excluding carboxylic acids is 2. The third-order valence-electron chi connectivity index (χ3n) is 3.26. The molecule has 3 rings (SSSR count). The summed E-state index contributed by atoms with van der Waals surface area (Å²) in [5.41, 5.74) is 5.97. The molecule has 2 heterocycles. The quantitative estimate of drug-likeness (QED) is 0.420. The predicted octanol–water partition coefficient (Wildman–Crippen LogP) is 4.07. The van der Waals surface area contributed by atoms with E-state index in [1.165, 1.54) is 53.0 Å². The van der Waals surface area contributed by atoms with Crippen molar-refractivity contribution >= 4 is 62.1 Å². The number of nitrogens with two attached hydrogens (primary N) is 1. The molecule has 0 spiro atoms. The molecule has 4 N–H and O–H groups in total. The van der Waals surface area contributed by atoms with Crippen LogP contribution in [0.4, 0.5) is 29.0 Å². The lowest BCUT2D eigenvalue weighted by Gasteiger charge is -2.09. The van der Waals surface area contributed by atoms with E-state index in [-0.39, 0.29) is 23.0 Å². The van der Waals surface area contributed by atoms with E-state index >= 15 is 0 Å². The van der Waals surface area contributed by atoms with Crippen LogP contribution in [0.5, 0.6) is 5.75 Å². The largest absolute Gasteiger partial charge is 0.573 e. The molecule has 158 valence electrons. The molecule has 0 aliphatic carbocycles. The number of ether oxygens (including phenoxy) is 1. The zero-order valence-electron chi connectivity index (χ0n) is 14.7. The van der Waals surface area contributed by atoms with E-state index in [0.717, 1.165) is 11.8 Å². The molecule has 0 aliphatic rings. The number of halogens is 3. The van der Waals surface area contributed by atoms with Crippen molar-refractivity contribution in [3.8, 4) is 5.75 Å². The Morgan fingerprint density at radius 1 is 1.17 bits per heavy atom. The molecule has 30 heavy (non-hydrogen) atoms.